The van der Waals surface area contributed by atoms with Gasteiger partial charge in [-0.2, -0.15) is 0 Å². The lowest BCUT2D eigenvalue weighted by Crippen LogP contribution is -2.41. The highest BCUT2D eigenvalue weighted by Gasteiger charge is 2.38. The topological polar surface area (TPSA) is 48.2 Å². The monoisotopic (exact) mass is 230 g/mol. The quantitative estimate of drug-likeness (QED) is 0.726. The fourth-order valence-electron chi connectivity index (χ4n) is 1.84. The second-order valence-corrected chi connectivity index (χ2v) is 4.32. The summed E-state index contributed by atoms with van der Waals surface area (Å²) in [7, 11) is 1.75. The van der Waals surface area contributed by atoms with Crippen molar-refractivity contribution in [2.75, 3.05) is 13.0 Å². The number of rotatable bonds is 5. The van der Waals surface area contributed by atoms with E-state index in [0.29, 0.717) is 24.1 Å². The lowest BCUT2D eigenvalue weighted by molar-refractivity contribution is -0.0746. The standard InChI is InChI=1S/C10H15ClN2O2/c1-14-10(4-2-5-10)7-9-13-12-8(15-9)3-6-11/h2-7H2,1H3. The maximum atomic E-state index is 5.59. The van der Waals surface area contributed by atoms with Crippen molar-refractivity contribution < 1.29 is 9.15 Å². The summed E-state index contributed by atoms with van der Waals surface area (Å²) in [5.74, 6) is 1.79. The molecule has 84 valence electrons. The summed E-state index contributed by atoms with van der Waals surface area (Å²) < 4.78 is 11.0. The number of aryl methyl sites for hydroxylation is 1. The van der Waals surface area contributed by atoms with Gasteiger partial charge in [0.25, 0.3) is 0 Å². The van der Waals surface area contributed by atoms with Gasteiger partial charge in [-0.3, -0.25) is 0 Å². The summed E-state index contributed by atoms with van der Waals surface area (Å²) in [5.41, 5.74) is -0.0508. The van der Waals surface area contributed by atoms with E-state index < -0.39 is 0 Å². The zero-order chi connectivity index (χ0) is 10.7. The molecule has 0 aliphatic heterocycles. The molecule has 1 aliphatic rings. The van der Waals surface area contributed by atoms with Crippen molar-refractivity contribution in [2.45, 2.75) is 37.7 Å². The van der Waals surface area contributed by atoms with Crippen LogP contribution in [0.1, 0.15) is 31.0 Å². The Morgan fingerprint density at radius 2 is 2.13 bits per heavy atom. The van der Waals surface area contributed by atoms with E-state index in [-0.39, 0.29) is 5.60 Å². The van der Waals surface area contributed by atoms with Gasteiger partial charge in [0.2, 0.25) is 11.8 Å². The lowest BCUT2D eigenvalue weighted by Gasteiger charge is -2.39. The van der Waals surface area contributed by atoms with Gasteiger partial charge < -0.3 is 9.15 Å². The lowest BCUT2D eigenvalue weighted by atomic mass is 9.77. The Balaban J connectivity index is 1.97. The van der Waals surface area contributed by atoms with Crippen LogP contribution in [-0.2, 0) is 17.6 Å². The third kappa shape index (κ3) is 2.32. The van der Waals surface area contributed by atoms with Crippen LogP contribution in [-0.4, -0.2) is 28.8 Å². The first-order valence-electron chi connectivity index (χ1n) is 5.20. The van der Waals surface area contributed by atoms with Crippen LogP contribution in [0, 0.1) is 0 Å². The largest absolute Gasteiger partial charge is 0.425 e. The van der Waals surface area contributed by atoms with Gasteiger partial charge in [0.1, 0.15) is 0 Å². The van der Waals surface area contributed by atoms with Crippen LogP contribution in [0.25, 0.3) is 0 Å². The number of hydrogen-bond donors (Lipinski definition) is 0. The number of aromatic nitrogens is 2. The molecule has 1 aromatic rings. The predicted octanol–water partition coefficient (Wildman–Crippen LogP) is 1.96. The Labute approximate surface area is 94.0 Å². The van der Waals surface area contributed by atoms with Crippen molar-refractivity contribution in [1.82, 2.24) is 10.2 Å². The molecule has 0 spiro atoms. The smallest absolute Gasteiger partial charge is 0.219 e. The first-order valence-corrected chi connectivity index (χ1v) is 5.74. The molecule has 1 saturated carbocycles. The minimum atomic E-state index is -0.0508. The highest BCUT2D eigenvalue weighted by molar-refractivity contribution is 6.17. The Kier molecular flexibility index (Phi) is 3.26. The molecule has 5 heteroatoms. The zero-order valence-electron chi connectivity index (χ0n) is 8.83. The molecule has 1 aromatic heterocycles. The Morgan fingerprint density at radius 3 is 2.67 bits per heavy atom. The summed E-state index contributed by atoms with van der Waals surface area (Å²) in [6.07, 6.45) is 4.73. The van der Waals surface area contributed by atoms with Gasteiger partial charge >= 0.3 is 0 Å². The first-order chi connectivity index (χ1) is 7.28. The molecule has 1 aliphatic carbocycles. The summed E-state index contributed by atoms with van der Waals surface area (Å²) in [6, 6.07) is 0. The van der Waals surface area contributed by atoms with E-state index in [1.807, 2.05) is 0 Å². The van der Waals surface area contributed by atoms with E-state index in [9.17, 15) is 0 Å². The summed E-state index contributed by atoms with van der Waals surface area (Å²) in [5, 5.41) is 7.92. The first kappa shape index (κ1) is 10.9. The third-order valence-corrected chi connectivity index (χ3v) is 3.18. The van der Waals surface area contributed by atoms with E-state index in [4.69, 9.17) is 20.8 Å². The Hall–Kier alpha value is -0.610. The van der Waals surface area contributed by atoms with Crippen LogP contribution in [0.15, 0.2) is 4.42 Å². The molecule has 15 heavy (non-hydrogen) atoms. The molecule has 0 N–H and O–H groups in total. The van der Waals surface area contributed by atoms with Crippen LogP contribution >= 0.6 is 11.6 Å². The highest BCUT2D eigenvalue weighted by atomic mass is 35.5. The van der Waals surface area contributed by atoms with Crippen molar-refractivity contribution in [3.8, 4) is 0 Å². The molecule has 0 unspecified atom stereocenters. The third-order valence-electron chi connectivity index (χ3n) is 2.99. The maximum Gasteiger partial charge on any atom is 0.219 e. The zero-order valence-corrected chi connectivity index (χ0v) is 9.59. The number of hydrogen-bond acceptors (Lipinski definition) is 4. The van der Waals surface area contributed by atoms with Crippen LogP contribution < -0.4 is 0 Å². The van der Waals surface area contributed by atoms with Crippen molar-refractivity contribution in [3.63, 3.8) is 0 Å². The number of alkyl halides is 1. The second kappa shape index (κ2) is 4.49. The SMILES string of the molecule is COC1(Cc2nnc(CCCl)o2)CCC1. The van der Waals surface area contributed by atoms with Crippen molar-refractivity contribution in [3.05, 3.63) is 11.8 Å². The van der Waals surface area contributed by atoms with Crippen molar-refractivity contribution in [1.29, 1.82) is 0 Å². The predicted molar refractivity (Wildman–Crippen MR) is 56.0 cm³/mol. The van der Waals surface area contributed by atoms with Gasteiger partial charge in [-0.25, -0.2) is 0 Å². The molecule has 0 saturated heterocycles. The Morgan fingerprint density at radius 1 is 1.40 bits per heavy atom. The number of halogens is 1. The number of ether oxygens (including phenoxy) is 1. The maximum absolute atomic E-state index is 5.59. The normalized spacial score (nSPS) is 18.8. The molecule has 1 heterocycles. The summed E-state index contributed by atoms with van der Waals surface area (Å²) in [4.78, 5) is 0. The van der Waals surface area contributed by atoms with E-state index in [2.05, 4.69) is 10.2 Å². The van der Waals surface area contributed by atoms with E-state index >= 15 is 0 Å². The Bertz CT molecular complexity index is 317. The molecule has 0 aromatic carbocycles. The van der Waals surface area contributed by atoms with E-state index in [0.717, 1.165) is 19.3 Å². The van der Waals surface area contributed by atoms with Crippen LogP contribution in [0.5, 0.6) is 0 Å². The van der Waals surface area contributed by atoms with Gasteiger partial charge in [0.15, 0.2) is 0 Å². The fourth-order valence-corrected chi connectivity index (χ4v) is 2.00. The molecule has 1 fully saturated rings. The van der Waals surface area contributed by atoms with Gasteiger partial charge in [-0.15, -0.1) is 21.8 Å². The van der Waals surface area contributed by atoms with Crippen molar-refractivity contribution in [2.24, 2.45) is 0 Å². The van der Waals surface area contributed by atoms with Gasteiger partial charge in [-0.1, -0.05) is 0 Å². The summed E-state index contributed by atoms with van der Waals surface area (Å²) in [6.45, 7) is 0. The van der Waals surface area contributed by atoms with Gasteiger partial charge in [-0.05, 0) is 19.3 Å². The molecule has 2 rings (SSSR count). The van der Waals surface area contributed by atoms with E-state index in [1.165, 1.54) is 6.42 Å². The van der Waals surface area contributed by atoms with Crippen LogP contribution in [0.2, 0.25) is 0 Å². The minimum Gasteiger partial charge on any atom is -0.425 e. The molecular weight excluding hydrogens is 216 g/mol. The summed E-state index contributed by atoms with van der Waals surface area (Å²) >= 11 is 5.59. The van der Waals surface area contributed by atoms with Crippen molar-refractivity contribution >= 4 is 11.6 Å². The average molecular weight is 231 g/mol. The van der Waals surface area contributed by atoms with Gasteiger partial charge in [0.05, 0.1) is 12.0 Å². The molecule has 0 atom stereocenters. The minimum absolute atomic E-state index is 0.0508. The van der Waals surface area contributed by atoms with Crippen LogP contribution in [0.4, 0.5) is 0 Å². The number of nitrogens with zero attached hydrogens (tertiary/aromatic N) is 2. The second-order valence-electron chi connectivity index (χ2n) is 3.95. The van der Waals surface area contributed by atoms with Crippen LogP contribution in [0.3, 0.4) is 0 Å². The number of methoxy groups -OCH3 is 1. The molecule has 0 radical (unpaired) electrons. The van der Waals surface area contributed by atoms with Gasteiger partial charge in [0, 0.05) is 19.4 Å². The molecule has 0 bridgehead atoms. The molecular formula is C10H15ClN2O2. The average Bonchev–Trinajstić information content (AvgIpc) is 2.60. The van der Waals surface area contributed by atoms with E-state index in [1.54, 1.807) is 7.11 Å². The highest BCUT2D eigenvalue weighted by Crippen LogP contribution is 2.37. The molecule has 4 nitrogen and oxygen atoms in total. The molecule has 0 amide bonds. The fraction of sp³-hybridized carbons (Fsp3) is 0.800.